The molecule has 4 nitrogen and oxygen atoms in total. The Bertz CT molecular complexity index is 552. The number of fused-ring (bicyclic) bond motifs is 1. The van der Waals surface area contributed by atoms with E-state index in [2.05, 4.69) is 10.2 Å². The number of nitrogens with one attached hydrogen (secondary N) is 1. The van der Waals surface area contributed by atoms with Gasteiger partial charge in [0.15, 0.2) is 0 Å². The zero-order chi connectivity index (χ0) is 15.0. The molecule has 1 heterocycles. The Balaban J connectivity index is 1.55. The molecular formula is C15H19F2N3O. The first-order valence-corrected chi connectivity index (χ1v) is 7.26. The first-order chi connectivity index (χ1) is 10.0. The van der Waals surface area contributed by atoms with Crippen LogP contribution in [0.3, 0.4) is 0 Å². The summed E-state index contributed by atoms with van der Waals surface area (Å²) in [6.45, 7) is 1.92. The van der Waals surface area contributed by atoms with Crippen LogP contribution < -0.4 is 11.1 Å². The summed E-state index contributed by atoms with van der Waals surface area (Å²) < 4.78 is 26.3. The molecule has 114 valence electrons. The zero-order valence-corrected chi connectivity index (χ0v) is 11.7. The van der Waals surface area contributed by atoms with E-state index < -0.39 is 11.6 Å². The lowest BCUT2D eigenvalue weighted by atomic mass is 9.98. The summed E-state index contributed by atoms with van der Waals surface area (Å²) >= 11 is 0. The maximum atomic E-state index is 13.5. The quantitative estimate of drug-likeness (QED) is 0.890. The molecule has 3 rings (SSSR count). The van der Waals surface area contributed by atoms with Gasteiger partial charge < -0.3 is 11.1 Å². The first kappa shape index (κ1) is 14.4. The zero-order valence-electron chi connectivity index (χ0n) is 11.7. The summed E-state index contributed by atoms with van der Waals surface area (Å²) in [5.41, 5.74) is 6.07. The second-order valence-corrected chi connectivity index (χ2v) is 6.03. The van der Waals surface area contributed by atoms with Crippen LogP contribution in [-0.4, -0.2) is 36.5 Å². The minimum atomic E-state index is -0.760. The molecule has 0 aromatic heterocycles. The van der Waals surface area contributed by atoms with Crippen molar-refractivity contribution < 1.29 is 13.6 Å². The number of rotatable bonds is 3. The Hall–Kier alpha value is -1.53. The molecule has 1 saturated heterocycles. The Kier molecular flexibility index (Phi) is 3.91. The van der Waals surface area contributed by atoms with Crippen molar-refractivity contribution in [1.82, 2.24) is 4.90 Å². The molecule has 1 saturated carbocycles. The molecule has 0 bridgehead atoms. The molecule has 3 N–H and O–H groups in total. The maximum absolute atomic E-state index is 13.5. The Morgan fingerprint density at radius 2 is 2.14 bits per heavy atom. The molecule has 1 aliphatic carbocycles. The largest absolute Gasteiger partial charge is 0.327 e. The standard InChI is InChI=1S/C15H19F2N3O/c16-10-2-4-14(12(17)5-10)19-15(21)8-20-6-9-1-3-13(18)11(9)7-20/h2,4-5,9,11,13H,1,3,6-8,18H2,(H,19,21). The molecular weight excluding hydrogens is 276 g/mol. The molecule has 6 heteroatoms. The van der Waals surface area contributed by atoms with Gasteiger partial charge >= 0.3 is 0 Å². The van der Waals surface area contributed by atoms with E-state index in [4.69, 9.17) is 5.73 Å². The van der Waals surface area contributed by atoms with Crippen molar-refractivity contribution in [2.45, 2.75) is 18.9 Å². The van der Waals surface area contributed by atoms with Gasteiger partial charge in [0.05, 0.1) is 12.2 Å². The second kappa shape index (κ2) is 5.69. The summed E-state index contributed by atoms with van der Waals surface area (Å²) in [6, 6.07) is 3.35. The lowest BCUT2D eigenvalue weighted by molar-refractivity contribution is -0.117. The fourth-order valence-corrected chi connectivity index (χ4v) is 3.51. The number of benzene rings is 1. The third-order valence-corrected chi connectivity index (χ3v) is 4.56. The van der Waals surface area contributed by atoms with Gasteiger partial charge in [-0.1, -0.05) is 0 Å². The number of likely N-dealkylation sites (tertiary alicyclic amines) is 1. The van der Waals surface area contributed by atoms with Crippen molar-refractivity contribution in [2.75, 3.05) is 25.0 Å². The van der Waals surface area contributed by atoms with E-state index in [1.54, 1.807) is 0 Å². The number of nitrogens with two attached hydrogens (primary N) is 1. The summed E-state index contributed by atoms with van der Waals surface area (Å²) in [7, 11) is 0. The van der Waals surface area contributed by atoms with Gasteiger partial charge in [0.1, 0.15) is 11.6 Å². The lowest BCUT2D eigenvalue weighted by Gasteiger charge is -2.18. The highest BCUT2D eigenvalue weighted by molar-refractivity contribution is 5.92. The van der Waals surface area contributed by atoms with Crippen LogP contribution in [0.2, 0.25) is 0 Å². The van der Waals surface area contributed by atoms with Gasteiger partial charge in [-0.3, -0.25) is 9.69 Å². The van der Waals surface area contributed by atoms with Gasteiger partial charge in [0.25, 0.3) is 0 Å². The average Bonchev–Trinajstić information content (AvgIpc) is 2.95. The number of amides is 1. The summed E-state index contributed by atoms with van der Waals surface area (Å²) in [5, 5.41) is 2.49. The van der Waals surface area contributed by atoms with Crippen LogP contribution in [0, 0.1) is 23.5 Å². The molecule has 1 aromatic carbocycles. The van der Waals surface area contributed by atoms with Crippen molar-refractivity contribution in [3.8, 4) is 0 Å². The van der Waals surface area contributed by atoms with Crippen LogP contribution in [0.15, 0.2) is 18.2 Å². The third kappa shape index (κ3) is 3.06. The highest BCUT2D eigenvalue weighted by Crippen LogP contribution is 2.36. The summed E-state index contributed by atoms with van der Waals surface area (Å²) in [4.78, 5) is 14.0. The third-order valence-electron chi connectivity index (χ3n) is 4.56. The Labute approximate surface area is 122 Å². The summed E-state index contributed by atoms with van der Waals surface area (Å²) in [6.07, 6.45) is 2.19. The molecule has 1 amide bonds. The molecule has 3 unspecified atom stereocenters. The second-order valence-electron chi connectivity index (χ2n) is 6.03. The maximum Gasteiger partial charge on any atom is 0.238 e. The topological polar surface area (TPSA) is 58.4 Å². The molecule has 1 aromatic rings. The van der Waals surface area contributed by atoms with E-state index in [0.717, 1.165) is 38.1 Å². The fraction of sp³-hybridized carbons (Fsp3) is 0.533. The predicted molar refractivity (Wildman–Crippen MR) is 75.6 cm³/mol. The van der Waals surface area contributed by atoms with E-state index in [1.165, 1.54) is 6.07 Å². The van der Waals surface area contributed by atoms with Crippen LogP contribution in [0.1, 0.15) is 12.8 Å². The number of hydrogen-bond acceptors (Lipinski definition) is 3. The van der Waals surface area contributed by atoms with Gasteiger partial charge in [-0.15, -0.1) is 0 Å². The lowest BCUT2D eigenvalue weighted by Crippen LogP contribution is -2.34. The van der Waals surface area contributed by atoms with E-state index in [9.17, 15) is 13.6 Å². The van der Waals surface area contributed by atoms with E-state index in [-0.39, 0.29) is 24.2 Å². The van der Waals surface area contributed by atoms with Gasteiger partial charge in [-0.2, -0.15) is 0 Å². The highest BCUT2D eigenvalue weighted by Gasteiger charge is 2.41. The van der Waals surface area contributed by atoms with E-state index in [1.807, 2.05) is 0 Å². The fourth-order valence-electron chi connectivity index (χ4n) is 3.51. The number of carbonyl (C=O) groups is 1. The summed E-state index contributed by atoms with van der Waals surface area (Å²) in [5.74, 6) is -0.653. The first-order valence-electron chi connectivity index (χ1n) is 7.26. The predicted octanol–water partition coefficient (Wildman–Crippen LogP) is 1.57. The normalized spacial score (nSPS) is 28.6. The highest BCUT2D eigenvalue weighted by atomic mass is 19.1. The Morgan fingerprint density at radius 3 is 2.86 bits per heavy atom. The number of halogens is 2. The van der Waals surface area contributed by atoms with Crippen LogP contribution in [0.4, 0.5) is 14.5 Å². The molecule has 0 spiro atoms. The van der Waals surface area contributed by atoms with Crippen molar-refractivity contribution in [1.29, 1.82) is 0 Å². The number of nitrogens with zero attached hydrogens (tertiary/aromatic N) is 1. The van der Waals surface area contributed by atoms with Crippen LogP contribution in [0.25, 0.3) is 0 Å². The minimum Gasteiger partial charge on any atom is -0.327 e. The van der Waals surface area contributed by atoms with Gasteiger partial charge in [0.2, 0.25) is 5.91 Å². The number of hydrogen-bond donors (Lipinski definition) is 2. The van der Waals surface area contributed by atoms with Crippen molar-refractivity contribution in [3.63, 3.8) is 0 Å². The van der Waals surface area contributed by atoms with Crippen LogP contribution in [0.5, 0.6) is 0 Å². The Morgan fingerprint density at radius 1 is 1.33 bits per heavy atom. The van der Waals surface area contributed by atoms with Crippen molar-refractivity contribution in [3.05, 3.63) is 29.8 Å². The van der Waals surface area contributed by atoms with Crippen LogP contribution >= 0.6 is 0 Å². The molecule has 21 heavy (non-hydrogen) atoms. The van der Waals surface area contributed by atoms with Gasteiger partial charge in [-0.25, -0.2) is 8.78 Å². The minimum absolute atomic E-state index is 0.0116. The molecule has 0 radical (unpaired) electrons. The molecule has 2 fully saturated rings. The van der Waals surface area contributed by atoms with Crippen molar-refractivity contribution >= 4 is 11.6 Å². The average molecular weight is 295 g/mol. The molecule has 2 aliphatic rings. The van der Waals surface area contributed by atoms with Gasteiger partial charge in [0, 0.05) is 25.2 Å². The van der Waals surface area contributed by atoms with Crippen molar-refractivity contribution in [2.24, 2.45) is 17.6 Å². The number of anilines is 1. The molecule has 1 aliphatic heterocycles. The van der Waals surface area contributed by atoms with E-state index in [0.29, 0.717) is 11.8 Å². The van der Waals surface area contributed by atoms with E-state index >= 15 is 0 Å². The SMILES string of the molecule is NC1CCC2CN(CC(=O)Nc3ccc(F)cc3F)CC12. The smallest absolute Gasteiger partial charge is 0.238 e. The van der Waals surface area contributed by atoms with Gasteiger partial charge in [-0.05, 0) is 36.8 Å². The number of carbonyl (C=O) groups excluding carboxylic acids is 1. The van der Waals surface area contributed by atoms with Crippen LogP contribution in [-0.2, 0) is 4.79 Å². The monoisotopic (exact) mass is 295 g/mol. The molecule has 3 atom stereocenters.